The molecule has 1 unspecified atom stereocenters. The Hall–Kier alpha value is -3.54. The number of anilines is 1. The van der Waals surface area contributed by atoms with E-state index in [1.54, 1.807) is 31.2 Å². The molecule has 7 N–H and O–H groups in total. The lowest BCUT2D eigenvalue weighted by atomic mass is 9.95. The Balaban J connectivity index is 0.000000785. The van der Waals surface area contributed by atoms with Crippen molar-refractivity contribution in [3.63, 3.8) is 0 Å². The topological polar surface area (TPSA) is 173 Å². The van der Waals surface area contributed by atoms with E-state index in [9.17, 15) is 14.4 Å². The van der Waals surface area contributed by atoms with Crippen LogP contribution in [0.4, 0.5) is 20.1 Å². The molecule has 7 amide bonds. The van der Waals surface area contributed by atoms with Gasteiger partial charge in [-0.05, 0) is 56.7 Å². The Morgan fingerprint density at radius 3 is 2.32 bits per heavy atom. The molecule has 1 aromatic heterocycles. The minimum Gasteiger partial charge on any atom is -0.466 e. The maximum Gasteiger partial charge on any atom is 0.344 e. The van der Waals surface area contributed by atoms with Gasteiger partial charge in [0.25, 0.3) is 5.91 Å². The third-order valence-electron chi connectivity index (χ3n) is 4.24. The predicted molar refractivity (Wildman–Crippen MR) is 116 cm³/mol. The van der Waals surface area contributed by atoms with Gasteiger partial charge < -0.3 is 26.5 Å². The molecule has 11 nitrogen and oxygen atoms in total. The quantitative estimate of drug-likeness (QED) is 0.400. The number of aryl methyl sites for hydroxylation is 2. The Bertz CT molecular complexity index is 972. The first kappa shape index (κ1) is 23.7. The van der Waals surface area contributed by atoms with E-state index in [2.05, 4.69) is 43.5 Å². The van der Waals surface area contributed by atoms with E-state index in [0.29, 0.717) is 23.5 Å². The first-order valence-electron chi connectivity index (χ1n) is 9.10. The number of rotatable bonds is 5. The number of nitrogens with one attached hydrogen (secondary N) is 3. The molecular weight excluding hydrogens is 472 g/mol. The minimum atomic E-state index is -1.12. The molecule has 0 spiro atoms. The van der Waals surface area contributed by atoms with Gasteiger partial charge in [-0.1, -0.05) is 15.9 Å². The number of benzene rings is 1. The largest absolute Gasteiger partial charge is 0.466 e. The van der Waals surface area contributed by atoms with Crippen molar-refractivity contribution in [2.24, 2.45) is 11.5 Å². The number of carbonyl (C=O) groups is 4. The molecule has 1 fully saturated rings. The Morgan fingerprint density at radius 1 is 1.16 bits per heavy atom. The van der Waals surface area contributed by atoms with Crippen LogP contribution in [0.25, 0.3) is 0 Å². The number of hydrazine groups is 1. The van der Waals surface area contributed by atoms with Crippen LogP contribution in [0, 0.1) is 6.92 Å². The number of nitrogens with zero attached hydrogens (tertiary/aromatic N) is 1. The number of urea groups is 3. The fourth-order valence-electron chi connectivity index (χ4n) is 2.74. The van der Waals surface area contributed by atoms with E-state index in [-0.39, 0.29) is 0 Å². The van der Waals surface area contributed by atoms with Crippen LogP contribution in [0.2, 0.25) is 0 Å². The fraction of sp³-hybridized carbons (Fsp3) is 0.263. The van der Waals surface area contributed by atoms with E-state index < -0.39 is 29.5 Å². The number of hydrogen-bond acceptors (Lipinski definition) is 5. The molecular formula is C19H23BrN6O5. The number of nitrogens with two attached hydrogens (primary N) is 2. The summed E-state index contributed by atoms with van der Waals surface area (Å²) >= 11 is 3.30. The molecule has 0 radical (unpaired) electrons. The first-order valence-corrected chi connectivity index (χ1v) is 9.89. The van der Waals surface area contributed by atoms with Gasteiger partial charge in [0, 0.05) is 16.6 Å². The number of hydrogen-bond donors (Lipinski definition) is 5. The third-order valence-corrected chi connectivity index (χ3v) is 4.77. The van der Waals surface area contributed by atoms with Gasteiger partial charge in [-0.3, -0.25) is 4.79 Å². The zero-order chi connectivity index (χ0) is 23.2. The van der Waals surface area contributed by atoms with Crippen LogP contribution < -0.4 is 27.5 Å². The number of amides is 7. The Morgan fingerprint density at radius 2 is 1.77 bits per heavy atom. The molecule has 0 aliphatic carbocycles. The molecule has 3 rings (SSSR count). The van der Waals surface area contributed by atoms with Crippen LogP contribution in [0.1, 0.15) is 24.9 Å². The molecule has 166 valence electrons. The molecule has 1 saturated heterocycles. The van der Waals surface area contributed by atoms with Crippen LogP contribution >= 0.6 is 15.9 Å². The highest BCUT2D eigenvalue weighted by Gasteiger charge is 2.48. The molecule has 1 atom stereocenters. The van der Waals surface area contributed by atoms with Gasteiger partial charge in [0.15, 0.2) is 0 Å². The number of halogens is 1. The zero-order valence-corrected chi connectivity index (χ0v) is 18.5. The molecule has 1 aliphatic rings. The average Bonchev–Trinajstić information content (AvgIpc) is 3.18. The van der Waals surface area contributed by atoms with Crippen molar-refractivity contribution >= 4 is 45.6 Å². The second-order valence-corrected chi connectivity index (χ2v) is 7.81. The number of carbonyl (C=O) groups excluding carboxylic acids is 4. The number of primary amides is 2. The zero-order valence-electron chi connectivity index (χ0n) is 16.9. The minimum absolute atomic E-state index is 0.344. The standard InChI is InChI=1S/C18H19BrN4O4.CH4N2O/c1-11-3-8-14(27-11)9-10-18(2)15(24)23(17(26)21-18)22-16(25)20-13-6-4-12(19)5-7-13;2-1(3)4/h3-8H,9-10H2,1-2H3,(H,21,26)(H2,20,22,25);(H4,2,3,4). The monoisotopic (exact) mass is 494 g/mol. The van der Waals surface area contributed by atoms with Crippen molar-refractivity contribution in [2.45, 2.75) is 32.2 Å². The van der Waals surface area contributed by atoms with Crippen LogP contribution in [0.5, 0.6) is 0 Å². The third kappa shape index (κ3) is 6.74. The molecule has 1 aliphatic heterocycles. The second kappa shape index (κ2) is 9.98. The number of imide groups is 1. The van der Waals surface area contributed by atoms with Gasteiger partial charge in [0.1, 0.15) is 17.1 Å². The molecule has 1 aromatic carbocycles. The normalized spacial score (nSPS) is 17.5. The summed E-state index contributed by atoms with van der Waals surface area (Å²) in [5.41, 5.74) is 10.2. The van der Waals surface area contributed by atoms with E-state index >= 15 is 0 Å². The van der Waals surface area contributed by atoms with Gasteiger partial charge in [-0.25, -0.2) is 19.8 Å². The van der Waals surface area contributed by atoms with Gasteiger partial charge in [-0.2, -0.15) is 5.01 Å². The Kier molecular flexibility index (Phi) is 7.64. The van der Waals surface area contributed by atoms with Crippen LogP contribution in [0.15, 0.2) is 45.3 Å². The van der Waals surface area contributed by atoms with E-state index in [1.165, 1.54) is 0 Å². The summed E-state index contributed by atoms with van der Waals surface area (Å²) in [5, 5.41) is 5.89. The van der Waals surface area contributed by atoms with Crippen molar-refractivity contribution in [3.8, 4) is 0 Å². The lowest BCUT2D eigenvalue weighted by Gasteiger charge is -2.21. The maximum atomic E-state index is 12.7. The summed E-state index contributed by atoms with van der Waals surface area (Å²) in [6.07, 6.45) is 0.826. The second-order valence-electron chi connectivity index (χ2n) is 6.89. The molecule has 0 bridgehead atoms. The highest BCUT2D eigenvalue weighted by atomic mass is 79.9. The lowest BCUT2D eigenvalue weighted by molar-refractivity contribution is -0.132. The van der Waals surface area contributed by atoms with Crippen LogP contribution in [0.3, 0.4) is 0 Å². The molecule has 2 heterocycles. The van der Waals surface area contributed by atoms with E-state index in [4.69, 9.17) is 9.21 Å². The molecule has 31 heavy (non-hydrogen) atoms. The predicted octanol–water partition coefficient (Wildman–Crippen LogP) is 2.35. The van der Waals surface area contributed by atoms with Gasteiger partial charge >= 0.3 is 18.1 Å². The Labute approximate surface area is 186 Å². The average molecular weight is 495 g/mol. The van der Waals surface area contributed by atoms with Crippen molar-refractivity contribution in [2.75, 3.05) is 5.32 Å². The summed E-state index contributed by atoms with van der Waals surface area (Å²) in [6.45, 7) is 3.46. The summed E-state index contributed by atoms with van der Waals surface area (Å²) in [7, 11) is 0. The van der Waals surface area contributed by atoms with Crippen molar-refractivity contribution < 1.29 is 23.6 Å². The summed E-state index contributed by atoms with van der Waals surface area (Å²) in [6, 6.07) is 8.37. The number of furan rings is 1. The highest BCUT2D eigenvalue weighted by Crippen LogP contribution is 2.23. The van der Waals surface area contributed by atoms with Crippen molar-refractivity contribution in [1.82, 2.24) is 15.8 Å². The summed E-state index contributed by atoms with van der Waals surface area (Å²) in [4.78, 5) is 45.9. The van der Waals surface area contributed by atoms with Crippen molar-refractivity contribution in [1.29, 1.82) is 0 Å². The summed E-state index contributed by atoms with van der Waals surface area (Å²) < 4.78 is 6.36. The molecule has 12 heteroatoms. The van der Waals surface area contributed by atoms with E-state index in [0.717, 1.165) is 16.0 Å². The SMILES string of the molecule is Cc1ccc(CCC2(C)NC(=O)N(NC(=O)Nc3ccc(Br)cc3)C2=O)o1.NC(N)=O. The molecule has 2 aromatic rings. The fourth-order valence-corrected chi connectivity index (χ4v) is 3.01. The van der Waals surface area contributed by atoms with Gasteiger partial charge in [0.2, 0.25) is 0 Å². The van der Waals surface area contributed by atoms with Gasteiger partial charge in [0.05, 0.1) is 0 Å². The van der Waals surface area contributed by atoms with Gasteiger partial charge in [-0.15, -0.1) is 0 Å². The first-order chi connectivity index (χ1) is 14.5. The molecule has 0 saturated carbocycles. The highest BCUT2D eigenvalue weighted by molar-refractivity contribution is 9.10. The van der Waals surface area contributed by atoms with Crippen LogP contribution in [-0.2, 0) is 11.2 Å². The maximum absolute atomic E-state index is 12.7. The lowest BCUT2D eigenvalue weighted by Crippen LogP contribution is -2.50. The van der Waals surface area contributed by atoms with Crippen LogP contribution in [-0.4, -0.2) is 34.5 Å². The van der Waals surface area contributed by atoms with E-state index in [1.807, 2.05) is 19.1 Å². The smallest absolute Gasteiger partial charge is 0.344 e. The summed E-state index contributed by atoms with van der Waals surface area (Å²) in [5.74, 6) is 0.988. The van der Waals surface area contributed by atoms with Crippen molar-refractivity contribution in [3.05, 3.63) is 52.4 Å².